The molecular weight excluding hydrogens is 299 g/mol. The molecule has 1 amide bonds. The lowest BCUT2D eigenvalue weighted by Crippen LogP contribution is -2.30. The molecule has 2 aromatic carbocycles. The van der Waals surface area contributed by atoms with E-state index >= 15 is 0 Å². The summed E-state index contributed by atoms with van der Waals surface area (Å²) in [4.78, 5) is 10.9. The van der Waals surface area contributed by atoms with Crippen LogP contribution in [0.4, 0.5) is 4.39 Å². The smallest absolute Gasteiger partial charge is 0.258 e. The summed E-state index contributed by atoms with van der Waals surface area (Å²) in [5, 5.41) is 8.69. The van der Waals surface area contributed by atoms with Crippen LogP contribution < -0.4 is 15.2 Å². The number of nitriles is 1. The monoisotopic (exact) mass is 314 g/mol. The summed E-state index contributed by atoms with van der Waals surface area (Å²) >= 11 is 0. The zero-order valence-corrected chi connectivity index (χ0v) is 12.5. The minimum atomic E-state index is -0.727. The first kappa shape index (κ1) is 16.3. The van der Waals surface area contributed by atoms with Gasteiger partial charge in [-0.05, 0) is 43.3 Å². The quantitative estimate of drug-likeness (QED) is 0.888. The van der Waals surface area contributed by atoms with Crippen LogP contribution in [0.3, 0.4) is 0 Å². The molecule has 0 saturated heterocycles. The zero-order valence-electron chi connectivity index (χ0n) is 12.5. The minimum Gasteiger partial charge on any atom is -0.489 e. The maximum atomic E-state index is 13.7. The van der Waals surface area contributed by atoms with Gasteiger partial charge in [0.1, 0.15) is 23.9 Å². The molecule has 0 aliphatic heterocycles. The predicted molar refractivity (Wildman–Crippen MR) is 81.2 cm³/mol. The first-order chi connectivity index (χ1) is 11.0. The van der Waals surface area contributed by atoms with Gasteiger partial charge in [0.15, 0.2) is 6.10 Å². The second kappa shape index (κ2) is 7.27. The average molecular weight is 314 g/mol. The third-order valence-corrected chi connectivity index (χ3v) is 3.11. The molecule has 0 heterocycles. The molecule has 1 atom stereocenters. The van der Waals surface area contributed by atoms with Gasteiger partial charge in [0.25, 0.3) is 5.91 Å². The lowest BCUT2D eigenvalue weighted by atomic mass is 10.1. The van der Waals surface area contributed by atoms with Crippen molar-refractivity contribution in [2.45, 2.75) is 19.6 Å². The molecular formula is C17H15FN2O3. The Morgan fingerprint density at radius 1 is 1.26 bits per heavy atom. The Labute approximate surface area is 133 Å². The fourth-order valence-corrected chi connectivity index (χ4v) is 1.77. The molecule has 2 aromatic rings. The summed E-state index contributed by atoms with van der Waals surface area (Å²) in [6.07, 6.45) is -0.727. The van der Waals surface area contributed by atoms with Crippen molar-refractivity contribution in [2.75, 3.05) is 0 Å². The molecule has 6 heteroatoms. The standard InChI is InChI=1S/C17H15FN2O3/c1-11(17(20)21)23-15-6-4-14(5-7-15)22-10-13-3-2-12(9-19)8-16(13)18/h2-8,11H,10H2,1H3,(H2,20,21)/t11-/m1/s1. The number of nitrogens with two attached hydrogens (primary N) is 1. The van der Waals surface area contributed by atoms with E-state index in [-0.39, 0.29) is 12.2 Å². The van der Waals surface area contributed by atoms with Crippen molar-refractivity contribution >= 4 is 5.91 Å². The molecule has 0 unspecified atom stereocenters. The summed E-state index contributed by atoms with van der Waals surface area (Å²) < 4.78 is 24.5. The van der Waals surface area contributed by atoms with Crippen LogP contribution in [-0.4, -0.2) is 12.0 Å². The summed E-state index contributed by atoms with van der Waals surface area (Å²) in [5.74, 6) is -0.0399. The molecule has 0 saturated carbocycles. The maximum Gasteiger partial charge on any atom is 0.258 e. The Bertz CT molecular complexity index is 738. The fraction of sp³-hybridized carbons (Fsp3) is 0.176. The second-order valence-electron chi connectivity index (χ2n) is 4.84. The molecule has 0 aliphatic carbocycles. The SMILES string of the molecule is C[C@@H](Oc1ccc(OCc2ccc(C#N)cc2F)cc1)C(N)=O. The highest BCUT2D eigenvalue weighted by molar-refractivity contribution is 5.78. The van der Waals surface area contributed by atoms with Gasteiger partial charge >= 0.3 is 0 Å². The Kier molecular flexibility index (Phi) is 5.15. The molecule has 0 aromatic heterocycles. The number of carbonyl (C=O) groups is 1. The average Bonchev–Trinajstić information content (AvgIpc) is 2.54. The van der Waals surface area contributed by atoms with Crippen LogP contribution in [0.2, 0.25) is 0 Å². The molecule has 118 valence electrons. The van der Waals surface area contributed by atoms with E-state index in [0.29, 0.717) is 17.1 Å². The molecule has 0 fully saturated rings. The van der Waals surface area contributed by atoms with Crippen molar-refractivity contribution in [3.63, 3.8) is 0 Å². The first-order valence-electron chi connectivity index (χ1n) is 6.87. The Morgan fingerprint density at radius 2 is 1.91 bits per heavy atom. The van der Waals surface area contributed by atoms with Gasteiger partial charge in [-0.2, -0.15) is 5.26 Å². The van der Waals surface area contributed by atoms with Gasteiger partial charge in [0.05, 0.1) is 11.6 Å². The van der Waals surface area contributed by atoms with Crippen LogP contribution in [-0.2, 0) is 11.4 Å². The molecule has 0 radical (unpaired) electrons. The van der Waals surface area contributed by atoms with Crippen LogP contribution in [0.1, 0.15) is 18.1 Å². The highest BCUT2D eigenvalue weighted by atomic mass is 19.1. The van der Waals surface area contributed by atoms with Crippen LogP contribution in [0.15, 0.2) is 42.5 Å². The molecule has 0 bridgehead atoms. The van der Waals surface area contributed by atoms with E-state index in [1.54, 1.807) is 31.2 Å². The zero-order chi connectivity index (χ0) is 16.8. The Balaban J connectivity index is 1.96. The van der Waals surface area contributed by atoms with E-state index in [2.05, 4.69) is 0 Å². The van der Waals surface area contributed by atoms with Gasteiger partial charge in [0, 0.05) is 5.56 Å². The lowest BCUT2D eigenvalue weighted by molar-refractivity contribution is -0.123. The number of rotatable bonds is 6. The topological polar surface area (TPSA) is 85.3 Å². The number of carbonyl (C=O) groups excluding carboxylic acids is 1. The highest BCUT2D eigenvalue weighted by Crippen LogP contribution is 2.20. The van der Waals surface area contributed by atoms with E-state index in [1.807, 2.05) is 6.07 Å². The van der Waals surface area contributed by atoms with Crippen LogP contribution >= 0.6 is 0 Å². The Hall–Kier alpha value is -3.07. The number of hydrogen-bond acceptors (Lipinski definition) is 4. The van der Waals surface area contributed by atoms with Gasteiger partial charge in [-0.15, -0.1) is 0 Å². The van der Waals surface area contributed by atoms with Gasteiger partial charge in [-0.25, -0.2) is 4.39 Å². The van der Waals surface area contributed by atoms with Crippen LogP contribution in [0.5, 0.6) is 11.5 Å². The van der Waals surface area contributed by atoms with E-state index in [9.17, 15) is 9.18 Å². The van der Waals surface area contributed by atoms with Gasteiger partial charge in [-0.3, -0.25) is 4.79 Å². The van der Waals surface area contributed by atoms with Crippen molar-refractivity contribution in [2.24, 2.45) is 5.73 Å². The van der Waals surface area contributed by atoms with Crippen LogP contribution in [0.25, 0.3) is 0 Å². The second-order valence-corrected chi connectivity index (χ2v) is 4.84. The minimum absolute atomic E-state index is 0.0371. The van der Waals surface area contributed by atoms with E-state index < -0.39 is 17.8 Å². The van der Waals surface area contributed by atoms with Crippen molar-refractivity contribution in [1.82, 2.24) is 0 Å². The Morgan fingerprint density at radius 3 is 2.48 bits per heavy atom. The summed E-state index contributed by atoms with van der Waals surface area (Å²) in [7, 11) is 0. The number of benzene rings is 2. The molecule has 2 N–H and O–H groups in total. The summed E-state index contributed by atoms with van der Waals surface area (Å²) in [5.41, 5.74) is 5.73. The van der Waals surface area contributed by atoms with Crippen molar-refractivity contribution < 1.29 is 18.7 Å². The lowest BCUT2D eigenvalue weighted by Gasteiger charge is -2.12. The first-order valence-corrected chi connectivity index (χ1v) is 6.87. The van der Waals surface area contributed by atoms with E-state index in [0.717, 1.165) is 0 Å². The molecule has 2 rings (SSSR count). The summed E-state index contributed by atoms with van der Waals surface area (Å²) in [6, 6.07) is 12.6. The van der Waals surface area contributed by atoms with Crippen LogP contribution in [0, 0.1) is 17.1 Å². The van der Waals surface area contributed by atoms with Gasteiger partial charge in [-0.1, -0.05) is 6.07 Å². The number of hydrogen-bond donors (Lipinski definition) is 1. The molecule has 23 heavy (non-hydrogen) atoms. The van der Waals surface area contributed by atoms with Crippen molar-refractivity contribution in [1.29, 1.82) is 5.26 Å². The molecule has 0 aliphatic rings. The maximum absolute atomic E-state index is 13.7. The molecule has 5 nitrogen and oxygen atoms in total. The third kappa shape index (κ3) is 4.45. The van der Waals surface area contributed by atoms with Crippen molar-refractivity contribution in [3.05, 3.63) is 59.4 Å². The van der Waals surface area contributed by atoms with E-state index in [4.69, 9.17) is 20.5 Å². The van der Waals surface area contributed by atoms with Gasteiger partial charge in [0.2, 0.25) is 0 Å². The van der Waals surface area contributed by atoms with Crippen molar-refractivity contribution in [3.8, 4) is 17.6 Å². The normalized spacial score (nSPS) is 11.3. The number of primary amides is 1. The molecule has 0 spiro atoms. The highest BCUT2D eigenvalue weighted by Gasteiger charge is 2.10. The van der Waals surface area contributed by atoms with E-state index in [1.165, 1.54) is 18.2 Å². The number of nitrogens with zero attached hydrogens (tertiary/aromatic N) is 1. The number of amides is 1. The summed E-state index contributed by atoms with van der Waals surface area (Å²) in [6.45, 7) is 1.59. The number of ether oxygens (including phenoxy) is 2. The largest absolute Gasteiger partial charge is 0.489 e. The van der Waals surface area contributed by atoms with Gasteiger partial charge < -0.3 is 15.2 Å². The fourth-order valence-electron chi connectivity index (χ4n) is 1.77. The number of halogens is 1. The predicted octanol–water partition coefficient (Wildman–Crippen LogP) is 2.53. The third-order valence-electron chi connectivity index (χ3n) is 3.11.